The van der Waals surface area contributed by atoms with Gasteiger partial charge in [-0.1, -0.05) is 37.2 Å². The van der Waals surface area contributed by atoms with Crippen LogP contribution in [0.25, 0.3) is 10.2 Å². The summed E-state index contributed by atoms with van der Waals surface area (Å²) in [7, 11) is 0. The van der Waals surface area contributed by atoms with Gasteiger partial charge in [-0.25, -0.2) is 9.37 Å². The zero-order chi connectivity index (χ0) is 22.5. The van der Waals surface area contributed by atoms with Crippen molar-refractivity contribution in [2.45, 2.75) is 45.3 Å². The normalized spacial score (nSPS) is 11.0. The molecule has 0 spiro atoms. The lowest BCUT2D eigenvalue weighted by Gasteiger charge is -2.12. The van der Waals surface area contributed by atoms with Crippen LogP contribution in [0.15, 0.2) is 34.2 Å². The summed E-state index contributed by atoms with van der Waals surface area (Å²) in [6, 6.07) is 5.49. The molecule has 2 heterocycles. The van der Waals surface area contributed by atoms with E-state index in [9.17, 15) is 18.8 Å². The molecule has 0 aliphatic carbocycles. The average molecular weight is 463 g/mol. The van der Waals surface area contributed by atoms with Gasteiger partial charge in [-0.2, -0.15) is 0 Å². The summed E-state index contributed by atoms with van der Waals surface area (Å²) in [5.41, 5.74) is 5.14. The molecule has 7 nitrogen and oxygen atoms in total. The average Bonchev–Trinajstić information content (AvgIpc) is 3.03. The number of hydrazine groups is 1. The third-order valence-corrected chi connectivity index (χ3v) is 6.83. The van der Waals surface area contributed by atoms with E-state index in [1.165, 1.54) is 29.5 Å². The van der Waals surface area contributed by atoms with Gasteiger partial charge in [0.1, 0.15) is 10.6 Å². The Morgan fingerprint density at radius 3 is 2.68 bits per heavy atom. The van der Waals surface area contributed by atoms with Gasteiger partial charge < -0.3 is 0 Å². The number of carbonyl (C=O) groups excluding carboxylic acids is 2. The fourth-order valence-corrected chi connectivity index (χ4v) is 4.83. The smallest absolute Gasteiger partial charge is 0.272 e. The lowest BCUT2D eigenvalue weighted by molar-refractivity contribution is -0.119. The maximum atomic E-state index is 13.7. The van der Waals surface area contributed by atoms with Gasteiger partial charge in [-0.05, 0) is 38.0 Å². The van der Waals surface area contributed by atoms with Crippen molar-refractivity contribution in [1.29, 1.82) is 0 Å². The molecule has 10 heteroatoms. The molecule has 0 aliphatic heterocycles. The predicted molar refractivity (Wildman–Crippen MR) is 121 cm³/mol. The molecular formula is C21H23FN4O3S2. The number of amides is 2. The van der Waals surface area contributed by atoms with Gasteiger partial charge in [-0.3, -0.25) is 29.8 Å². The lowest BCUT2D eigenvalue weighted by atomic mass is 10.2. The number of rotatable bonds is 7. The number of nitrogens with one attached hydrogen (secondary N) is 2. The van der Waals surface area contributed by atoms with Crippen LogP contribution in [0, 0.1) is 19.7 Å². The van der Waals surface area contributed by atoms with Crippen LogP contribution < -0.4 is 16.4 Å². The number of aryl methyl sites for hydroxylation is 2. The second-order valence-electron chi connectivity index (χ2n) is 6.94. The van der Waals surface area contributed by atoms with Crippen LogP contribution in [0.1, 0.15) is 40.6 Å². The fraction of sp³-hybridized carbons (Fsp3) is 0.333. The van der Waals surface area contributed by atoms with E-state index in [1.54, 1.807) is 4.57 Å². The minimum Gasteiger partial charge on any atom is -0.287 e. The third-order valence-electron chi connectivity index (χ3n) is 4.76. The molecule has 31 heavy (non-hydrogen) atoms. The molecule has 3 rings (SSSR count). The molecule has 2 aromatic heterocycles. The van der Waals surface area contributed by atoms with Gasteiger partial charge in [-0.15, -0.1) is 11.3 Å². The minimum absolute atomic E-state index is 0.0645. The molecule has 2 amide bonds. The highest BCUT2D eigenvalue weighted by Crippen LogP contribution is 2.28. The highest BCUT2D eigenvalue weighted by Gasteiger charge is 2.18. The second kappa shape index (κ2) is 10.1. The van der Waals surface area contributed by atoms with Crippen molar-refractivity contribution in [3.8, 4) is 0 Å². The molecule has 164 valence electrons. The molecule has 0 fully saturated rings. The maximum absolute atomic E-state index is 13.7. The van der Waals surface area contributed by atoms with Crippen molar-refractivity contribution in [2.75, 3.05) is 5.75 Å². The first kappa shape index (κ1) is 23.0. The van der Waals surface area contributed by atoms with E-state index >= 15 is 0 Å². The Labute approximate surface area is 187 Å². The molecular weight excluding hydrogens is 439 g/mol. The number of benzene rings is 1. The molecule has 0 unspecified atom stereocenters. The predicted octanol–water partition coefficient (Wildman–Crippen LogP) is 3.57. The minimum atomic E-state index is -0.750. The molecule has 1 aromatic carbocycles. The first-order valence-electron chi connectivity index (χ1n) is 9.80. The van der Waals surface area contributed by atoms with E-state index < -0.39 is 17.6 Å². The zero-order valence-corrected chi connectivity index (χ0v) is 19.1. The summed E-state index contributed by atoms with van der Waals surface area (Å²) in [4.78, 5) is 43.6. The number of hydrogen-bond donors (Lipinski definition) is 2. The van der Waals surface area contributed by atoms with E-state index in [0.717, 1.165) is 41.1 Å². The van der Waals surface area contributed by atoms with Crippen molar-refractivity contribution in [3.05, 3.63) is 56.4 Å². The molecule has 0 radical (unpaired) electrons. The van der Waals surface area contributed by atoms with Crippen LogP contribution in [0.2, 0.25) is 0 Å². The SMILES string of the molecule is CCCCn1c(SCC(=O)NNC(=O)c2ccccc2F)nc2sc(C)c(C)c2c1=O. The van der Waals surface area contributed by atoms with Gasteiger partial charge in [0.2, 0.25) is 5.91 Å². The zero-order valence-electron chi connectivity index (χ0n) is 17.5. The number of thiophene rings is 1. The number of hydrogen-bond acceptors (Lipinski definition) is 6. The van der Waals surface area contributed by atoms with E-state index in [1.807, 2.05) is 20.8 Å². The Bertz CT molecular complexity index is 1190. The fourth-order valence-electron chi connectivity index (χ4n) is 2.94. The van der Waals surface area contributed by atoms with Crippen molar-refractivity contribution in [3.63, 3.8) is 0 Å². The number of fused-ring (bicyclic) bond motifs is 1. The first-order chi connectivity index (χ1) is 14.8. The number of unbranched alkanes of at least 4 members (excludes halogenated alkanes) is 1. The molecule has 0 aliphatic rings. The van der Waals surface area contributed by atoms with Gasteiger partial charge in [0.15, 0.2) is 5.16 Å². The lowest BCUT2D eigenvalue weighted by Crippen LogP contribution is -2.42. The number of carbonyl (C=O) groups is 2. The van der Waals surface area contributed by atoms with Crippen molar-refractivity contribution >= 4 is 45.1 Å². The Kier molecular flexibility index (Phi) is 7.45. The van der Waals surface area contributed by atoms with E-state index in [-0.39, 0.29) is 16.9 Å². The van der Waals surface area contributed by atoms with E-state index in [0.29, 0.717) is 21.9 Å². The van der Waals surface area contributed by atoms with Crippen molar-refractivity contribution in [1.82, 2.24) is 20.4 Å². The van der Waals surface area contributed by atoms with Crippen molar-refractivity contribution < 1.29 is 14.0 Å². The first-order valence-corrected chi connectivity index (χ1v) is 11.6. The molecule has 2 N–H and O–H groups in total. The Hall–Kier alpha value is -2.72. The standard InChI is InChI=1S/C21H23FN4O3S2/c1-4-5-10-26-20(29)17-12(2)13(3)31-19(17)23-21(26)30-11-16(27)24-25-18(28)14-8-6-7-9-15(14)22/h6-9H,4-5,10-11H2,1-3H3,(H,24,27)(H,25,28). The van der Waals surface area contributed by atoms with Gasteiger partial charge in [0, 0.05) is 11.4 Å². The monoisotopic (exact) mass is 462 g/mol. The van der Waals surface area contributed by atoms with Crippen LogP contribution in [0.3, 0.4) is 0 Å². The summed E-state index contributed by atoms with van der Waals surface area (Å²) >= 11 is 2.58. The largest absolute Gasteiger partial charge is 0.287 e. The van der Waals surface area contributed by atoms with Crippen LogP contribution in [0.4, 0.5) is 4.39 Å². The van der Waals surface area contributed by atoms with Gasteiger partial charge >= 0.3 is 0 Å². The highest BCUT2D eigenvalue weighted by molar-refractivity contribution is 7.99. The summed E-state index contributed by atoms with van der Waals surface area (Å²) in [5.74, 6) is -1.99. The maximum Gasteiger partial charge on any atom is 0.272 e. The van der Waals surface area contributed by atoms with Gasteiger partial charge in [0.25, 0.3) is 11.5 Å². The van der Waals surface area contributed by atoms with E-state index in [4.69, 9.17) is 0 Å². The Morgan fingerprint density at radius 2 is 1.97 bits per heavy atom. The second-order valence-corrected chi connectivity index (χ2v) is 9.08. The molecule has 3 aromatic rings. The topological polar surface area (TPSA) is 93.1 Å². The Morgan fingerprint density at radius 1 is 1.23 bits per heavy atom. The number of aromatic nitrogens is 2. The van der Waals surface area contributed by atoms with Crippen LogP contribution in [-0.2, 0) is 11.3 Å². The van der Waals surface area contributed by atoms with Crippen molar-refractivity contribution in [2.24, 2.45) is 0 Å². The summed E-state index contributed by atoms with van der Waals surface area (Å²) in [6.07, 6.45) is 1.73. The highest BCUT2D eigenvalue weighted by atomic mass is 32.2. The Balaban J connectivity index is 1.72. The third kappa shape index (κ3) is 5.13. The quantitative estimate of drug-likeness (QED) is 0.318. The summed E-state index contributed by atoms with van der Waals surface area (Å²) in [6.45, 7) is 6.42. The molecule has 0 bridgehead atoms. The number of halogens is 1. The molecule has 0 saturated heterocycles. The van der Waals surface area contributed by atoms with E-state index in [2.05, 4.69) is 15.8 Å². The van der Waals surface area contributed by atoms with Crippen LogP contribution >= 0.6 is 23.1 Å². The van der Waals surface area contributed by atoms with Crippen LogP contribution in [0.5, 0.6) is 0 Å². The van der Waals surface area contributed by atoms with Crippen LogP contribution in [-0.4, -0.2) is 27.1 Å². The molecule has 0 saturated carbocycles. The van der Waals surface area contributed by atoms with Gasteiger partial charge in [0.05, 0.1) is 16.7 Å². The summed E-state index contributed by atoms with van der Waals surface area (Å²) < 4.78 is 15.3. The number of nitrogens with zero attached hydrogens (tertiary/aromatic N) is 2. The number of thioether (sulfide) groups is 1. The molecule has 0 atom stereocenters. The summed E-state index contributed by atoms with van der Waals surface area (Å²) in [5, 5.41) is 1.09.